The highest BCUT2D eigenvalue weighted by atomic mass is 35.5. The van der Waals surface area contributed by atoms with Gasteiger partial charge >= 0.3 is 0 Å². The third kappa shape index (κ3) is 2.64. The van der Waals surface area contributed by atoms with Gasteiger partial charge in [-0.2, -0.15) is 0 Å². The van der Waals surface area contributed by atoms with Gasteiger partial charge in [-0.15, -0.1) is 0 Å². The fourth-order valence-electron chi connectivity index (χ4n) is 2.25. The van der Waals surface area contributed by atoms with Gasteiger partial charge < -0.3 is 5.32 Å². The van der Waals surface area contributed by atoms with Crippen LogP contribution in [0.3, 0.4) is 0 Å². The zero-order chi connectivity index (χ0) is 11.5. The van der Waals surface area contributed by atoms with Gasteiger partial charge in [-0.3, -0.25) is 0 Å². The molecule has 88 valence electrons. The maximum Gasteiger partial charge on any atom is 0.134 e. The van der Waals surface area contributed by atoms with Gasteiger partial charge in [0.1, 0.15) is 16.8 Å². The van der Waals surface area contributed by atoms with Crippen molar-refractivity contribution in [1.29, 1.82) is 0 Å². The lowest BCUT2D eigenvalue weighted by molar-refractivity contribution is 0.554. The molecule has 1 heterocycles. The second kappa shape index (κ2) is 5.00. The molecular formula is C12H18ClN3. The van der Waals surface area contributed by atoms with Crippen LogP contribution < -0.4 is 5.32 Å². The lowest BCUT2D eigenvalue weighted by Gasteiger charge is -2.18. The van der Waals surface area contributed by atoms with Crippen LogP contribution in [-0.4, -0.2) is 16.0 Å². The maximum absolute atomic E-state index is 5.96. The summed E-state index contributed by atoms with van der Waals surface area (Å²) in [7, 11) is 0. The van der Waals surface area contributed by atoms with Crippen molar-refractivity contribution in [3.63, 3.8) is 0 Å². The first-order valence-corrected chi connectivity index (χ1v) is 6.37. The molecule has 0 aromatic carbocycles. The van der Waals surface area contributed by atoms with Crippen LogP contribution in [0.25, 0.3) is 0 Å². The second-order valence-electron chi connectivity index (χ2n) is 4.50. The predicted octanol–water partition coefficient (Wildman–Crippen LogP) is 3.29. The molecule has 0 radical (unpaired) electrons. The Balaban J connectivity index is 2.11. The number of aromatic nitrogens is 2. The molecule has 2 atom stereocenters. The third-order valence-electron chi connectivity index (χ3n) is 3.25. The normalized spacial score (nSPS) is 24.7. The van der Waals surface area contributed by atoms with Crippen molar-refractivity contribution < 1.29 is 0 Å². The highest BCUT2D eigenvalue weighted by molar-refractivity contribution is 6.29. The van der Waals surface area contributed by atoms with Crippen molar-refractivity contribution in [2.24, 2.45) is 5.92 Å². The standard InChI is InChI=1S/C12H18ClN3/c1-3-11-15-10(13)7-12(16-11)14-9-6-4-5-8(9)2/h7-9H,3-6H2,1-2H3,(H,14,15,16). The number of halogens is 1. The van der Waals surface area contributed by atoms with Crippen molar-refractivity contribution in [3.05, 3.63) is 17.0 Å². The summed E-state index contributed by atoms with van der Waals surface area (Å²) in [6.07, 6.45) is 4.65. The Morgan fingerprint density at radius 1 is 1.44 bits per heavy atom. The molecule has 1 saturated carbocycles. The summed E-state index contributed by atoms with van der Waals surface area (Å²) in [5.41, 5.74) is 0. The van der Waals surface area contributed by atoms with E-state index in [1.54, 1.807) is 0 Å². The summed E-state index contributed by atoms with van der Waals surface area (Å²) >= 11 is 5.96. The lowest BCUT2D eigenvalue weighted by Crippen LogP contribution is -2.22. The molecule has 2 rings (SSSR count). The van der Waals surface area contributed by atoms with Crippen LogP contribution >= 0.6 is 11.6 Å². The SMILES string of the molecule is CCc1nc(Cl)cc(NC2CCCC2C)n1. The minimum Gasteiger partial charge on any atom is -0.367 e. The van der Waals surface area contributed by atoms with Gasteiger partial charge in [0.15, 0.2) is 0 Å². The Bertz CT molecular complexity index is 367. The first-order valence-electron chi connectivity index (χ1n) is 5.99. The molecule has 1 aliphatic rings. The monoisotopic (exact) mass is 239 g/mol. The highest BCUT2D eigenvalue weighted by Gasteiger charge is 2.23. The summed E-state index contributed by atoms with van der Waals surface area (Å²) in [4.78, 5) is 8.60. The minimum absolute atomic E-state index is 0.528. The van der Waals surface area contributed by atoms with Crippen LogP contribution in [0.1, 0.15) is 38.9 Å². The van der Waals surface area contributed by atoms with Crippen molar-refractivity contribution in [3.8, 4) is 0 Å². The Morgan fingerprint density at radius 3 is 2.88 bits per heavy atom. The predicted molar refractivity (Wildman–Crippen MR) is 66.8 cm³/mol. The topological polar surface area (TPSA) is 37.8 Å². The van der Waals surface area contributed by atoms with Gasteiger partial charge in [0.2, 0.25) is 0 Å². The number of anilines is 1. The number of nitrogens with one attached hydrogen (secondary N) is 1. The van der Waals surface area contributed by atoms with Gasteiger partial charge in [0, 0.05) is 18.5 Å². The zero-order valence-electron chi connectivity index (χ0n) is 9.83. The Morgan fingerprint density at radius 2 is 2.25 bits per heavy atom. The van der Waals surface area contributed by atoms with Gasteiger partial charge in [-0.05, 0) is 18.8 Å². The van der Waals surface area contributed by atoms with Crippen molar-refractivity contribution in [1.82, 2.24) is 9.97 Å². The number of aryl methyl sites for hydroxylation is 1. The summed E-state index contributed by atoms with van der Waals surface area (Å²) in [5.74, 6) is 2.40. The van der Waals surface area contributed by atoms with Crippen LogP contribution in [-0.2, 0) is 6.42 Å². The summed E-state index contributed by atoms with van der Waals surface area (Å²) in [6, 6.07) is 2.35. The van der Waals surface area contributed by atoms with Crippen molar-refractivity contribution in [2.75, 3.05) is 5.32 Å². The molecule has 1 aromatic heterocycles. The first kappa shape index (κ1) is 11.6. The smallest absolute Gasteiger partial charge is 0.134 e. The van der Waals surface area contributed by atoms with Crippen LogP contribution in [0.5, 0.6) is 0 Å². The van der Waals surface area contributed by atoms with E-state index in [9.17, 15) is 0 Å². The molecule has 2 unspecified atom stereocenters. The molecule has 0 bridgehead atoms. The number of hydrogen-bond donors (Lipinski definition) is 1. The van der Waals surface area contributed by atoms with E-state index in [0.29, 0.717) is 11.2 Å². The van der Waals surface area contributed by atoms with Gasteiger partial charge in [0.05, 0.1) is 0 Å². The summed E-state index contributed by atoms with van der Waals surface area (Å²) < 4.78 is 0. The van der Waals surface area contributed by atoms with E-state index in [1.807, 2.05) is 13.0 Å². The zero-order valence-corrected chi connectivity index (χ0v) is 10.6. The molecule has 1 aromatic rings. The van der Waals surface area contributed by atoms with Crippen LogP contribution in [0.2, 0.25) is 5.15 Å². The molecule has 16 heavy (non-hydrogen) atoms. The molecular weight excluding hydrogens is 222 g/mol. The van der Waals surface area contributed by atoms with Crippen LogP contribution in [0.4, 0.5) is 5.82 Å². The average Bonchev–Trinajstić information content (AvgIpc) is 2.63. The van der Waals surface area contributed by atoms with E-state index in [2.05, 4.69) is 22.2 Å². The van der Waals surface area contributed by atoms with Crippen LogP contribution in [0, 0.1) is 5.92 Å². The van der Waals surface area contributed by atoms with Gasteiger partial charge in [-0.25, -0.2) is 9.97 Å². The van der Waals surface area contributed by atoms with E-state index in [4.69, 9.17) is 11.6 Å². The molecule has 0 saturated heterocycles. The minimum atomic E-state index is 0.528. The molecule has 0 spiro atoms. The van der Waals surface area contributed by atoms with Gasteiger partial charge in [0.25, 0.3) is 0 Å². The van der Waals surface area contributed by atoms with E-state index in [-0.39, 0.29) is 0 Å². The Labute approximate surface area is 102 Å². The highest BCUT2D eigenvalue weighted by Crippen LogP contribution is 2.27. The third-order valence-corrected chi connectivity index (χ3v) is 3.45. The van der Waals surface area contributed by atoms with Crippen molar-refractivity contribution in [2.45, 2.75) is 45.6 Å². The molecule has 1 aliphatic carbocycles. The van der Waals surface area contributed by atoms with E-state index < -0.39 is 0 Å². The second-order valence-corrected chi connectivity index (χ2v) is 4.89. The molecule has 1 N–H and O–H groups in total. The van der Waals surface area contributed by atoms with Crippen LogP contribution in [0.15, 0.2) is 6.07 Å². The van der Waals surface area contributed by atoms with E-state index >= 15 is 0 Å². The first-order chi connectivity index (χ1) is 7.69. The quantitative estimate of drug-likeness (QED) is 0.823. The average molecular weight is 240 g/mol. The van der Waals surface area contributed by atoms with Crippen molar-refractivity contribution >= 4 is 17.4 Å². The number of rotatable bonds is 3. The largest absolute Gasteiger partial charge is 0.367 e. The molecule has 1 fully saturated rings. The fourth-order valence-corrected chi connectivity index (χ4v) is 2.45. The number of hydrogen-bond acceptors (Lipinski definition) is 3. The van der Waals surface area contributed by atoms with E-state index in [1.165, 1.54) is 19.3 Å². The lowest BCUT2D eigenvalue weighted by atomic mass is 10.1. The fraction of sp³-hybridized carbons (Fsp3) is 0.667. The van der Waals surface area contributed by atoms with E-state index in [0.717, 1.165) is 24.0 Å². The number of nitrogens with zero attached hydrogens (tertiary/aromatic N) is 2. The summed E-state index contributed by atoms with van der Waals surface area (Å²) in [5, 5.41) is 4.00. The van der Waals surface area contributed by atoms with Gasteiger partial charge in [-0.1, -0.05) is 31.9 Å². The molecule has 0 amide bonds. The molecule has 3 nitrogen and oxygen atoms in total. The molecule has 0 aliphatic heterocycles. The Hall–Kier alpha value is -0.830. The summed E-state index contributed by atoms with van der Waals surface area (Å²) in [6.45, 7) is 4.32. The maximum atomic E-state index is 5.96. The Kier molecular flexibility index (Phi) is 3.64. The molecule has 4 heteroatoms.